The van der Waals surface area contributed by atoms with Crippen molar-refractivity contribution in [3.63, 3.8) is 0 Å². The topological polar surface area (TPSA) is 51.2 Å². The highest BCUT2D eigenvalue weighted by Crippen LogP contribution is 2.30. The predicted molar refractivity (Wildman–Crippen MR) is 81.3 cm³/mol. The molecule has 1 atom stereocenters. The minimum absolute atomic E-state index is 0.264. The van der Waals surface area contributed by atoms with Crippen LogP contribution in [0.5, 0.6) is 0 Å². The van der Waals surface area contributed by atoms with Crippen LogP contribution in [0.3, 0.4) is 0 Å². The number of hydrazine groups is 1. The highest BCUT2D eigenvalue weighted by atomic mass is 19.1. The number of hydrogen-bond donors (Lipinski definition) is 2. The van der Waals surface area contributed by atoms with Crippen LogP contribution in [-0.4, -0.2) is 0 Å². The van der Waals surface area contributed by atoms with Crippen molar-refractivity contribution in [2.24, 2.45) is 5.84 Å². The van der Waals surface area contributed by atoms with Crippen LogP contribution in [0.15, 0.2) is 46.9 Å². The first-order valence-electron chi connectivity index (χ1n) is 6.81. The third-order valence-electron chi connectivity index (χ3n) is 3.69. The highest BCUT2D eigenvalue weighted by molar-refractivity contribution is 5.78. The summed E-state index contributed by atoms with van der Waals surface area (Å²) in [6.07, 6.45) is 0. The largest absolute Gasteiger partial charge is 0.459 e. The molecule has 3 aromatic rings. The first-order valence-corrected chi connectivity index (χ1v) is 6.81. The van der Waals surface area contributed by atoms with Gasteiger partial charge in [-0.05, 0) is 49.2 Å². The van der Waals surface area contributed by atoms with Gasteiger partial charge in [0.15, 0.2) is 0 Å². The van der Waals surface area contributed by atoms with E-state index in [0.29, 0.717) is 11.3 Å². The van der Waals surface area contributed by atoms with Crippen molar-refractivity contribution in [2.75, 3.05) is 0 Å². The number of nitrogens with one attached hydrogen (secondary N) is 1. The molecule has 0 saturated heterocycles. The molecule has 0 bridgehead atoms. The maximum atomic E-state index is 13.3. The minimum Gasteiger partial charge on any atom is -0.459 e. The van der Waals surface area contributed by atoms with E-state index in [-0.39, 0.29) is 11.9 Å². The molecule has 0 radical (unpaired) electrons. The van der Waals surface area contributed by atoms with Gasteiger partial charge in [-0.15, -0.1) is 0 Å². The van der Waals surface area contributed by atoms with Crippen LogP contribution in [-0.2, 0) is 0 Å². The number of hydrogen-bond acceptors (Lipinski definition) is 3. The standard InChI is InChI=1S/C17H17FN2O/c1-10-3-4-11(2)14(7-10)17(20-19)16-9-12-8-13(18)5-6-15(12)21-16/h3-9,17,20H,19H2,1-2H3. The molecule has 1 heterocycles. The van der Waals surface area contributed by atoms with Gasteiger partial charge in [-0.1, -0.05) is 23.8 Å². The Morgan fingerprint density at radius 3 is 2.67 bits per heavy atom. The second-order valence-electron chi connectivity index (χ2n) is 5.29. The fraction of sp³-hybridized carbons (Fsp3) is 0.176. The van der Waals surface area contributed by atoms with E-state index in [1.165, 1.54) is 12.1 Å². The molecule has 3 rings (SSSR count). The summed E-state index contributed by atoms with van der Waals surface area (Å²) < 4.78 is 19.1. The van der Waals surface area contributed by atoms with Gasteiger partial charge in [0.2, 0.25) is 0 Å². The molecule has 0 aliphatic heterocycles. The Morgan fingerprint density at radius 2 is 1.90 bits per heavy atom. The van der Waals surface area contributed by atoms with E-state index in [2.05, 4.69) is 23.6 Å². The number of benzene rings is 2. The Bertz CT molecular complexity index is 795. The van der Waals surface area contributed by atoms with Crippen LogP contribution < -0.4 is 11.3 Å². The molecule has 21 heavy (non-hydrogen) atoms. The van der Waals surface area contributed by atoms with Crippen molar-refractivity contribution < 1.29 is 8.81 Å². The summed E-state index contributed by atoms with van der Waals surface area (Å²) in [6.45, 7) is 4.06. The summed E-state index contributed by atoms with van der Waals surface area (Å²) in [5, 5.41) is 0.732. The molecule has 0 aliphatic carbocycles. The molecule has 1 aromatic heterocycles. The molecule has 2 aromatic carbocycles. The predicted octanol–water partition coefficient (Wildman–Crippen LogP) is 3.74. The summed E-state index contributed by atoms with van der Waals surface area (Å²) >= 11 is 0. The van der Waals surface area contributed by atoms with Gasteiger partial charge in [-0.25, -0.2) is 9.82 Å². The van der Waals surface area contributed by atoms with Crippen LogP contribution in [0.1, 0.15) is 28.5 Å². The fourth-order valence-electron chi connectivity index (χ4n) is 2.57. The van der Waals surface area contributed by atoms with Crippen molar-refractivity contribution >= 4 is 11.0 Å². The summed E-state index contributed by atoms with van der Waals surface area (Å²) in [5.41, 5.74) is 6.77. The molecule has 3 nitrogen and oxygen atoms in total. The third kappa shape index (κ3) is 2.55. The molecule has 1 unspecified atom stereocenters. The quantitative estimate of drug-likeness (QED) is 0.569. The Kier molecular flexibility index (Phi) is 3.49. The van der Waals surface area contributed by atoms with E-state index in [0.717, 1.165) is 22.1 Å². The number of furan rings is 1. The van der Waals surface area contributed by atoms with E-state index >= 15 is 0 Å². The summed E-state index contributed by atoms with van der Waals surface area (Å²) in [6, 6.07) is 12.2. The lowest BCUT2D eigenvalue weighted by molar-refractivity contribution is 0.476. The molecular weight excluding hydrogens is 267 g/mol. The van der Waals surface area contributed by atoms with Crippen LogP contribution >= 0.6 is 0 Å². The number of nitrogens with two attached hydrogens (primary N) is 1. The second kappa shape index (κ2) is 5.31. The van der Waals surface area contributed by atoms with Gasteiger partial charge in [-0.2, -0.15) is 0 Å². The van der Waals surface area contributed by atoms with Gasteiger partial charge >= 0.3 is 0 Å². The Labute approximate surface area is 122 Å². The maximum Gasteiger partial charge on any atom is 0.134 e. The van der Waals surface area contributed by atoms with E-state index in [4.69, 9.17) is 10.3 Å². The summed E-state index contributed by atoms with van der Waals surface area (Å²) in [7, 11) is 0. The molecule has 0 amide bonds. The van der Waals surface area contributed by atoms with Crippen LogP contribution in [0.2, 0.25) is 0 Å². The molecule has 0 spiro atoms. The van der Waals surface area contributed by atoms with Gasteiger partial charge in [0, 0.05) is 5.39 Å². The third-order valence-corrected chi connectivity index (χ3v) is 3.69. The lowest BCUT2D eigenvalue weighted by Crippen LogP contribution is -2.29. The van der Waals surface area contributed by atoms with E-state index in [1.807, 2.05) is 19.9 Å². The molecule has 0 saturated carbocycles. The lowest BCUT2D eigenvalue weighted by Gasteiger charge is -2.17. The van der Waals surface area contributed by atoms with Crippen LogP contribution in [0.25, 0.3) is 11.0 Å². The average molecular weight is 284 g/mol. The van der Waals surface area contributed by atoms with Gasteiger partial charge < -0.3 is 4.42 Å². The van der Waals surface area contributed by atoms with Crippen molar-refractivity contribution in [3.8, 4) is 0 Å². The number of rotatable bonds is 3. The van der Waals surface area contributed by atoms with Gasteiger partial charge in [0.05, 0.1) is 0 Å². The zero-order valence-electron chi connectivity index (χ0n) is 12.0. The SMILES string of the molecule is Cc1ccc(C)c(C(NN)c2cc3cc(F)ccc3o2)c1. The smallest absolute Gasteiger partial charge is 0.134 e. The van der Waals surface area contributed by atoms with Crippen molar-refractivity contribution in [3.05, 3.63) is 70.7 Å². The van der Waals surface area contributed by atoms with Crippen molar-refractivity contribution in [1.29, 1.82) is 0 Å². The first-order chi connectivity index (χ1) is 10.1. The Morgan fingerprint density at radius 1 is 1.10 bits per heavy atom. The molecule has 108 valence electrons. The second-order valence-corrected chi connectivity index (χ2v) is 5.29. The van der Waals surface area contributed by atoms with Gasteiger partial charge in [0.1, 0.15) is 23.2 Å². The lowest BCUT2D eigenvalue weighted by atomic mass is 9.97. The molecule has 0 aliphatic rings. The fourth-order valence-corrected chi connectivity index (χ4v) is 2.57. The Hall–Kier alpha value is -2.17. The molecular formula is C17H17FN2O. The molecule has 3 N–H and O–H groups in total. The minimum atomic E-state index is -0.279. The summed E-state index contributed by atoms with van der Waals surface area (Å²) in [4.78, 5) is 0. The maximum absolute atomic E-state index is 13.3. The van der Waals surface area contributed by atoms with Crippen LogP contribution in [0.4, 0.5) is 4.39 Å². The number of fused-ring (bicyclic) bond motifs is 1. The first kappa shape index (κ1) is 13.8. The van der Waals surface area contributed by atoms with Gasteiger partial charge in [0.25, 0.3) is 0 Å². The average Bonchev–Trinajstić information content (AvgIpc) is 2.86. The molecule has 0 fully saturated rings. The number of halogens is 1. The van der Waals surface area contributed by atoms with Crippen molar-refractivity contribution in [2.45, 2.75) is 19.9 Å². The normalized spacial score (nSPS) is 12.8. The van der Waals surface area contributed by atoms with Gasteiger partial charge in [-0.3, -0.25) is 5.84 Å². The van der Waals surface area contributed by atoms with Crippen molar-refractivity contribution in [1.82, 2.24) is 5.43 Å². The molecule has 4 heteroatoms. The van der Waals surface area contributed by atoms with E-state index < -0.39 is 0 Å². The highest BCUT2D eigenvalue weighted by Gasteiger charge is 2.19. The Balaban J connectivity index is 2.11. The van der Waals surface area contributed by atoms with Crippen LogP contribution in [0, 0.1) is 19.7 Å². The van der Waals surface area contributed by atoms with E-state index in [9.17, 15) is 4.39 Å². The van der Waals surface area contributed by atoms with E-state index in [1.54, 1.807) is 6.07 Å². The zero-order chi connectivity index (χ0) is 15.0. The summed E-state index contributed by atoms with van der Waals surface area (Å²) in [5.74, 6) is 6.12. The number of aryl methyl sites for hydroxylation is 2. The monoisotopic (exact) mass is 284 g/mol. The zero-order valence-corrected chi connectivity index (χ0v) is 12.0.